The second-order valence-corrected chi connectivity index (χ2v) is 6.30. The molecule has 28 heavy (non-hydrogen) atoms. The standard InChI is InChI=1S/C22H17N3O3/c1-28-17-12-10-15(11-13-17)22-20(23-18-7-3-4-8-19(18)24-22)14-16-6-2-5-9-21(16)25(26)27/h2-13H,14H2,1H3. The molecule has 6 nitrogen and oxygen atoms in total. The third kappa shape index (κ3) is 3.40. The maximum absolute atomic E-state index is 11.4. The average molecular weight is 371 g/mol. The minimum atomic E-state index is -0.364. The van der Waals surface area contributed by atoms with E-state index in [9.17, 15) is 10.1 Å². The van der Waals surface area contributed by atoms with Gasteiger partial charge in [0.15, 0.2) is 0 Å². The van der Waals surface area contributed by atoms with Crippen LogP contribution in [0.3, 0.4) is 0 Å². The molecule has 0 spiro atoms. The van der Waals surface area contributed by atoms with E-state index in [0.29, 0.717) is 23.4 Å². The molecule has 0 radical (unpaired) electrons. The Labute approximate surface area is 161 Å². The fraction of sp³-hybridized carbons (Fsp3) is 0.0909. The van der Waals surface area contributed by atoms with Gasteiger partial charge in [-0.3, -0.25) is 10.1 Å². The molecule has 4 rings (SSSR count). The first-order chi connectivity index (χ1) is 13.7. The van der Waals surface area contributed by atoms with E-state index in [0.717, 1.165) is 22.3 Å². The number of para-hydroxylation sites is 3. The number of nitro benzene ring substituents is 1. The van der Waals surface area contributed by atoms with Crippen molar-refractivity contribution in [1.29, 1.82) is 0 Å². The number of ether oxygens (including phenoxy) is 1. The van der Waals surface area contributed by atoms with Crippen LogP contribution >= 0.6 is 0 Å². The molecule has 1 heterocycles. The number of aromatic nitrogens is 2. The van der Waals surface area contributed by atoms with Crippen molar-refractivity contribution in [2.24, 2.45) is 0 Å². The predicted octanol–water partition coefficient (Wildman–Crippen LogP) is 4.80. The smallest absolute Gasteiger partial charge is 0.272 e. The zero-order valence-corrected chi connectivity index (χ0v) is 15.2. The summed E-state index contributed by atoms with van der Waals surface area (Å²) in [5.41, 5.74) is 4.50. The first kappa shape index (κ1) is 17.6. The van der Waals surface area contributed by atoms with Crippen molar-refractivity contribution < 1.29 is 9.66 Å². The molecule has 0 unspecified atom stereocenters. The van der Waals surface area contributed by atoms with Gasteiger partial charge in [0.05, 0.1) is 34.5 Å². The van der Waals surface area contributed by atoms with Gasteiger partial charge in [0, 0.05) is 23.6 Å². The summed E-state index contributed by atoms with van der Waals surface area (Å²) < 4.78 is 5.23. The summed E-state index contributed by atoms with van der Waals surface area (Å²) in [7, 11) is 1.62. The summed E-state index contributed by atoms with van der Waals surface area (Å²) in [4.78, 5) is 20.6. The maximum Gasteiger partial charge on any atom is 0.272 e. The van der Waals surface area contributed by atoms with E-state index in [4.69, 9.17) is 14.7 Å². The quantitative estimate of drug-likeness (QED) is 0.372. The first-order valence-electron chi connectivity index (χ1n) is 8.78. The van der Waals surface area contributed by atoms with Gasteiger partial charge in [-0.25, -0.2) is 9.97 Å². The fourth-order valence-electron chi connectivity index (χ4n) is 3.16. The number of rotatable bonds is 5. The van der Waals surface area contributed by atoms with Crippen LogP contribution in [0, 0.1) is 10.1 Å². The highest BCUT2D eigenvalue weighted by molar-refractivity contribution is 5.78. The normalized spacial score (nSPS) is 10.8. The number of nitro groups is 1. The van der Waals surface area contributed by atoms with Crippen LogP contribution in [-0.4, -0.2) is 22.0 Å². The van der Waals surface area contributed by atoms with Gasteiger partial charge in [-0.1, -0.05) is 30.3 Å². The van der Waals surface area contributed by atoms with E-state index in [-0.39, 0.29) is 10.6 Å². The molecule has 4 aromatic rings. The van der Waals surface area contributed by atoms with E-state index in [1.807, 2.05) is 48.5 Å². The third-order valence-corrected chi connectivity index (χ3v) is 4.55. The SMILES string of the molecule is COc1ccc(-c2nc3ccccc3nc2Cc2ccccc2[N+](=O)[O-])cc1. The molecule has 3 aromatic carbocycles. The highest BCUT2D eigenvalue weighted by Crippen LogP contribution is 2.29. The minimum absolute atomic E-state index is 0.0816. The molecule has 138 valence electrons. The molecule has 6 heteroatoms. The van der Waals surface area contributed by atoms with Crippen molar-refractivity contribution in [3.8, 4) is 17.0 Å². The lowest BCUT2D eigenvalue weighted by Crippen LogP contribution is -2.02. The molecule has 0 saturated carbocycles. The van der Waals surface area contributed by atoms with E-state index >= 15 is 0 Å². The Morgan fingerprint density at radius 3 is 2.21 bits per heavy atom. The Morgan fingerprint density at radius 1 is 0.893 bits per heavy atom. The first-order valence-corrected chi connectivity index (χ1v) is 8.78. The Hall–Kier alpha value is -3.80. The van der Waals surface area contributed by atoms with Crippen molar-refractivity contribution >= 4 is 16.7 Å². The van der Waals surface area contributed by atoms with Crippen LogP contribution in [-0.2, 0) is 6.42 Å². The van der Waals surface area contributed by atoms with Gasteiger partial charge in [0.1, 0.15) is 5.75 Å². The molecule has 0 aliphatic carbocycles. The van der Waals surface area contributed by atoms with Crippen LogP contribution in [0.4, 0.5) is 5.69 Å². The van der Waals surface area contributed by atoms with Gasteiger partial charge in [0.2, 0.25) is 0 Å². The molecular weight excluding hydrogens is 354 g/mol. The summed E-state index contributed by atoms with van der Waals surface area (Å²) in [6.07, 6.45) is 0.316. The highest BCUT2D eigenvalue weighted by atomic mass is 16.6. The summed E-state index contributed by atoms with van der Waals surface area (Å²) >= 11 is 0. The Morgan fingerprint density at radius 2 is 1.54 bits per heavy atom. The summed E-state index contributed by atoms with van der Waals surface area (Å²) in [6.45, 7) is 0. The van der Waals surface area contributed by atoms with E-state index in [1.54, 1.807) is 25.3 Å². The molecule has 0 N–H and O–H groups in total. The van der Waals surface area contributed by atoms with Crippen LogP contribution in [0.1, 0.15) is 11.3 Å². The lowest BCUT2D eigenvalue weighted by molar-refractivity contribution is -0.385. The van der Waals surface area contributed by atoms with Gasteiger partial charge in [0.25, 0.3) is 5.69 Å². The molecule has 0 aliphatic heterocycles. The zero-order chi connectivity index (χ0) is 19.5. The van der Waals surface area contributed by atoms with Crippen LogP contribution < -0.4 is 4.74 Å². The van der Waals surface area contributed by atoms with Crippen molar-refractivity contribution in [2.45, 2.75) is 6.42 Å². The van der Waals surface area contributed by atoms with Crippen molar-refractivity contribution in [3.05, 3.63) is 94.2 Å². The zero-order valence-electron chi connectivity index (χ0n) is 15.2. The topological polar surface area (TPSA) is 78.2 Å². The second-order valence-electron chi connectivity index (χ2n) is 6.30. The number of fused-ring (bicyclic) bond motifs is 1. The number of nitrogens with zero attached hydrogens (tertiary/aromatic N) is 3. The Kier molecular flexibility index (Phi) is 4.68. The second kappa shape index (κ2) is 7.44. The van der Waals surface area contributed by atoms with Crippen molar-refractivity contribution in [2.75, 3.05) is 7.11 Å². The third-order valence-electron chi connectivity index (χ3n) is 4.55. The molecule has 1 aromatic heterocycles. The molecule has 0 amide bonds. The van der Waals surface area contributed by atoms with E-state index < -0.39 is 0 Å². The molecule has 0 fully saturated rings. The van der Waals surface area contributed by atoms with Gasteiger partial charge in [-0.2, -0.15) is 0 Å². The molecular formula is C22H17N3O3. The number of hydrogen-bond acceptors (Lipinski definition) is 5. The van der Waals surface area contributed by atoms with Gasteiger partial charge in [-0.05, 0) is 36.4 Å². The molecule has 0 bridgehead atoms. The van der Waals surface area contributed by atoms with Gasteiger partial charge >= 0.3 is 0 Å². The fourth-order valence-corrected chi connectivity index (χ4v) is 3.16. The lowest BCUT2D eigenvalue weighted by Gasteiger charge is -2.11. The van der Waals surface area contributed by atoms with E-state index in [2.05, 4.69) is 0 Å². The largest absolute Gasteiger partial charge is 0.497 e. The number of methoxy groups -OCH3 is 1. The number of hydrogen-bond donors (Lipinski definition) is 0. The van der Waals surface area contributed by atoms with Crippen LogP contribution in [0.25, 0.3) is 22.3 Å². The number of benzene rings is 3. The van der Waals surface area contributed by atoms with Crippen LogP contribution in [0.2, 0.25) is 0 Å². The van der Waals surface area contributed by atoms with Crippen LogP contribution in [0.5, 0.6) is 5.75 Å². The Bertz CT molecular complexity index is 1160. The summed E-state index contributed by atoms with van der Waals surface area (Å²) in [5, 5.41) is 11.4. The van der Waals surface area contributed by atoms with Gasteiger partial charge < -0.3 is 4.74 Å². The summed E-state index contributed by atoms with van der Waals surface area (Å²) in [5.74, 6) is 0.748. The van der Waals surface area contributed by atoms with E-state index in [1.165, 1.54) is 6.07 Å². The molecule has 0 saturated heterocycles. The maximum atomic E-state index is 11.4. The van der Waals surface area contributed by atoms with Crippen molar-refractivity contribution in [3.63, 3.8) is 0 Å². The molecule has 0 atom stereocenters. The average Bonchev–Trinajstić information content (AvgIpc) is 2.73. The summed E-state index contributed by atoms with van der Waals surface area (Å²) in [6, 6.07) is 21.9. The van der Waals surface area contributed by atoms with Gasteiger partial charge in [-0.15, -0.1) is 0 Å². The lowest BCUT2D eigenvalue weighted by atomic mass is 10.0. The van der Waals surface area contributed by atoms with Crippen LogP contribution in [0.15, 0.2) is 72.8 Å². The predicted molar refractivity (Wildman–Crippen MR) is 107 cm³/mol. The Balaban J connectivity index is 1.87. The molecule has 0 aliphatic rings. The van der Waals surface area contributed by atoms with Crippen molar-refractivity contribution in [1.82, 2.24) is 9.97 Å². The monoisotopic (exact) mass is 371 g/mol. The highest BCUT2D eigenvalue weighted by Gasteiger charge is 2.17. The minimum Gasteiger partial charge on any atom is -0.497 e.